The molecule has 0 saturated carbocycles. The van der Waals surface area contributed by atoms with E-state index in [0.29, 0.717) is 0 Å². The van der Waals surface area contributed by atoms with Gasteiger partial charge >= 0.3 is 17.4 Å². The molecular weight excluding hydrogens is 830 g/mol. The van der Waals surface area contributed by atoms with Crippen LogP contribution in [0.25, 0.3) is 85.4 Å². The molecule has 8 nitrogen and oxygen atoms in total. The van der Waals surface area contributed by atoms with Gasteiger partial charge in [0.2, 0.25) is 0 Å². The molecule has 12 heteroatoms. The Labute approximate surface area is 377 Å². The van der Waals surface area contributed by atoms with Crippen molar-refractivity contribution in [1.82, 2.24) is 19.5 Å². The van der Waals surface area contributed by atoms with Crippen molar-refractivity contribution in [3.05, 3.63) is 150 Å². The summed E-state index contributed by atoms with van der Waals surface area (Å²) in [5.74, 6) is 3.06. The van der Waals surface area contributed by atoms with E-state index in [1.165, 1.54) is 0 Å². The van der Waals surface area contributed by atoms with E-state index in [4.69, 9.17) is 28.9 Å². The van der Waals surface area contributed by atoms with Gasteiger partial charge in [-0.15, -0.1) is 0 Å². The smallest absolute Gasteiger partial charge is 1.00 e. The van der Waals surface area contributed by atoms with E-state index in [1.54, 1.807) is 28.4 Å². The van der Waals surface area contributed by atoms with Gasteiger partial charge in [-0.3, -0.25) is 0 Å². The summed E-state index contributed by atoms with van der Waals surface area (Å²) in [6, 6.07) is 43.3. The van der Waals surface area contributed by atoms with Crippen molar-refractivity contribution in [3.8, 4) is 62.1 Å². The topological polar surface area (TPSA) is 83.4 Å². The standard InChI is InChI=1S/C48H38N4O4.Al.3ClH/c1-53-39-18-5-30(6-19-39)45-43-26-15-36(51-43)28-35-12-11-33(49-35)27-34-13-14-37(50-34)29-44-46(31-7-20-40(54-2)21-8-31)47(32-9-22-41(55-3)23-10-32)48(45)52(44)38-16-24-42(56-4)25-17-38;;;;/h5-29,49H,1-4H3;;3*1H/q;+3;;;/p-3. The van der Waals surface area contributed by atoms with E-state index in [-0.39, 0.29) is 54.6 Å². The van der Waals surface area contributed by atoms with Crippen molar-refractivity contribution in [2.45, 2.75) is 0 Å². The first-order valence-electron chi connectivity index (χ1n) is 18.3. The van der Waals surface area contributed by atoms with Gasteiger partial charge in [-0.05, 0) is 132 Å². The van der Waals surface area contributed by atoms with E-state index in [2.05, 4.69) is 107 Å². The molecule has 298 valence electrons. The maximum absolute atomic E-state index is 5.65. The van der Waals surface area contributed by atoms with E-state index in [9.17, 15) is 0 Å². The van der Waals surface area contributed by atoms with Gasteiger partial charge < -0.3 is 65.7 Å². The molecule has 0 aliphatic carbocycles. The molecule has 0 amide bonds. The zero-order valence-corrected chi connectivity index (χ0v) is 36.5. The number of fused-ring (bicyclic) bond motifs is 8. The Morgan fingerprint density at radius 1 is 0.433 bits per heavy atom. The van der Waals surface area contributed by atoms with Crippen molar-refractivity contribution >= 4 is 63.7 Å². The first kappa shape index (κ1) is 45.2. The molecule has 8 bridgehead atoms. The Bertz CT molecular complexity index is 2840. The predicted octanol–water partition coefficient (Wildman–Crippen LogP) is 1.78. The van der Waals surface area contributed by atoms with Crippen molar-refractivity contribution in [3.63, 3.8) is 0 Å². The summed E-state index contributed by atoms with van der Waals surface area (Å²) < 4.78 is 24.9. The average Bonchev–Trinajstić information content (AvgIpc) is 4.06. The van der Waals surface area contributed by atoms with E-state index >= 15 is 0 Å². The van der Waals surface area contributed by atoms with Crippen LogP contribution < -0.4 is 56.2 Å². The van der Waals surface area contributed by atoms with Gasteiger partial charge in [0, 0.05) is 33.4 Å². The molecule has 1 N–H and O–H groups in total. The summed E-state index contributed by atoms with van der Waals surface area (Å²) in [5, 5.41) is 0. The van der Waals surface area contributed by atoms with E-state index in [0.717, 1.165) is 107 Å². The summed E-state index contributed by atoms with van der Waals surface area (Å²) in [4.78, 5) is 14.0. The summed E-state index contributed by atoms with van der Waals surface area (Å²) >= 11 is 0. The number of H-pyrrole nitrogens is 1. The van der Waals surface area contributed by atoms with Crippen molar-refractivity contribution in [2.75, 3.05) is 28.4 Å². The van der Waals surface area contributed by atoms with E-state index < -0.39 is 0 Å². The number of benzene rings is 4. The maximum atomic E-state index is 5.65. The first-order chi connectivity index (χ1) is 27.5. The van der Waals surface area contributed by atoms with Crippen LogP contribution in [0.3, 0.4) is 0 Å². The van der Waals surface area contributed by atoms with Crippen LogP contribution in [0, 0.1) is 0 Å². The molecule has 0 atom stereocenters. The SMILES string of the molecule is COc1ccc(-c2c(-c3ccc(OC)cc3)c3c(-c4ccc(OC)cc4)c4nc(cc5ccc(cc6nc(cc2n3-c2ccc(OC)cc2)C=C6)[nH]5)C=C4)cc1.[Al+3].[Cl-].[Cl-].[Cl-]. The van der Waals surface area contributed by atoms with Crippen molar-refractivity contribution in [1.29, 1.82) is 0 Å². The molecular formula is C48H38AlCl3N4O4. The molecule has 0 radical (unpaired) electrons. The van der Waals surface area contributed by atoms with Crippen LogP contribution in [0.2, 0.25) is 0 Å². The van der Waals surface area contributed by atoms with Gasteiger partial charge in [0.1, 0.15) is 23.0 Å². The molecule has 0 spiro atoms. The van der Waals surface area contributed by atoms with Crippen molar-refractivity contribution < 1.29 is 56.2 Å². The molecule has 2 aliphatic rings. The minimum absolute atomic E-state index is 0. The van der Waals surface area contributed by atoms with Gasteiger partial charge in [-0.25, -0.2) is 9.97 Å². The van der Waals surface area contributed by atoms with E-state index in [1.807, 2.05) is 54.6 Å². The van der Waals surface area contributed by atoms with Crippen LogP contribution in [0.15, 0.2) is 127 Å². The number of nitrogens with one attached hydrogen (secondary N) is 1. The molecule has 7 aromatic rings. The van der Waals surface area contributed by atoms with Crippen LogP contribution in [0.1, 0.15) is 22.8 Å². The van der Waals surface area contributed by atoms with Gasteiger partial charge in [0.15, 0.2) is 0 Å². The molecule has 5 heterocycles. The van der Waals surface area contributed by atoms with Crippen LogP contribution in [0.5, 0.6) is 23.0 Å². The second-order valence-corrected chi connectivity index (χ2v) is 13.4. The molecule has 4 aromatic carbocycles. The van der Waals surface area contributed by atoms with Crippen LogP contribution in [-0.4, -0.2) is 65.3 Å². The zero-order chi connectivity index (χ0) is 38.2. The third-order valence-corrected chi connectivity index (χ3v) is 10.1. The number of aromatic amines is 1. The largest absolute Gasteiger partial charge is 3.00 e. The quantitative estimate of drug-likeness (QED) is 0.235. The zero-order valence-electron chi connectivity index (χ0n) is 33.1. The molecule has 0 unspecified atom stereocenters. The Balaban J connectivity index is 0.00000171. The minimum atomic E-state index is 0. The fraction of sp³-hybridized carbons (Fsp3) is 0.0833. The predicted molar refractivity (Wildman–Crippen MR) is 232 cm³/mol. The normalized spacial score (nSPS) is 11.0. The summed E-state index contributed by atoms with van der Waals surface area (Å²) in [6.45, 7) is 0. The van der Waals surface area contributed by atoms with Crippen LogP contribution in [-0.2, 0) is 0 Å². The summed E-state index contributed by atoms with van der Waals surface area (Å²) in [5.41, 5.74) is 14.0. The molecule has 0 saturated heterocycles. The Kier molecular flexibility index (Phi) is 14.6. The number of ether oxygens (including phenoxy) is 4. The monoisotopic (exact) mass is 866 g/mol. The number of hydrogen-bond acceptors (Lipinski definition) is 6. The fourth-order valence-electron chi connectivity index (χ4n) is 7.43. The fourth-order valence-corrected chi connectivity index (χ4v) is 7.43. The number of hydrogen-bond donors (Lipinski definition) is 1. The molecule has 60 heavy (non-hydrogen) atoms. The Hall–Kier alpha value is -5.92. The van der Waals surface area contributed by atoms with Gasteiger partial charge in [0.25, 0.3) is 0 Å². The molecule has 2 aliphatic heterocycles. The molecule has 9 rings (SSSR count). The molecule has 3 aromatic heterocycles. The Morgan fingerprint density at radius 3 is 1.32 bits per heavy atom. The summed E-state index contributed by atoms with van der Waals surface area (Å²) in [6.07, 6.45) is 8.28. The molecule has 0 fully saturated rings. The maximum Gasteiger partial charge on any atom is 3.00 e. The van der Waals surface area contributed by atoms with Gasteiger partial charge in [-0.1, -0.05) is 36.4 Å². The average molecular weight is 868 g/mol. The number of aromatic nitrogens is 4. The number of nitrogens with zero attached hydrogens (tertiary/aromatic N) is 3. The second kappa shape index (κ2) is 19.4. The van der Waals surface area contributed by atoms with Gasteiger partial charge in [0.05, 0.1) is 62.2 Å². The van der Waals surface area contributed by atoms with Crippen molar-refractivity contribution in [2.24, 2.45) is 0 Å². The van der Waals surface area contributed by atoms with Gasteiger partial charge in [-0.2, -0.15) is 0 Å². The van der Waals surface area contributed by atoms with Crippen LogP contribution in [0.4, 0.5) is 0 Å². The number of rotatable bonds is 8. The number of halogens is 3. The van der Waals surface area contributed by atoms with Crippen LogP contribution >= 0.6 is 0 Å². The second-order valence-electron chi connectivity index (χ2n) is 13.4. The first-order valence-corrected chi connectivity index (χ1v) is 18.3. The third-order valence-electron chi connectivity index (χ3n) is 10.1. The minimum Gasteiger partial charge on any atom is -1.00 e. The number of methoxy groups -OCH3 is 4. The third kappa shape index (κ3) is 8.69. The Morgan fingerprint density at radius 2 is 0.833 bits per heavy atom. The summed E-state index contributed by atoms with van der Waals surface area (Å²) in [7, 11) is 6.74.